The molecule has 1 amide bonds. The van der Waals surface area contributed by atoms with Crippen molar-refractivity contribution in [2.75, 3.05) is 20.7 Å². The van der Waals surface area contributed by atoms with E-state index in [1.165, 1.54) is 26.3 Å². The summed E-state index contributed by atoms with van der Waals surface area (Å²) in [7, 11) is -0.928. The molecular weight excluding hydrogens is 434 g/mol. The van der Waals surface area contributed by atoms with Crippen LogP contribution in [-0.2, 0) is 14.8 Å². The van der Waals surface area contributed by atoms with Gasteiger partial charge in [-0.05, 0) is 55.8 Å². The number of aromatic nitrogens is 1. The molecule has 9 heteroatoms. The Labute approximate surface area is 185 Å². The second kappa shape index (κ2) is 8.78. The van der Waals surface area contributed by atoms with Crippen LogP contribution in [0.5, 0.6) is 5.75 Å². The molecule has 0 radical (unpaired) electrons. The highest BCUT2D eigenvalue weighted by molar-refractivity contribution is 7.89. The fourth-order valence-electron chi connectivity index (χ4n) is 3.70. The highest BCUT2D eigenvalue weighted by atomic mass is 32.2. The number of sulfonamides is 1. The maximum absolute atomic E-state index is 12.9. The lowest BCUT2D eigenvalue weighted by molar-refractivity contribution is -0.126. The molecule has 7 nitrogen and oxygen atoms in total. The second-order valence-corrected chi connectivity index (χ2v) is 10.1. The van der Waals surface area contributed by atoms with Crippen LogP contribution in [-0.4, -0.2) is 44.9 Å². The third-order valence-corrected chi connectivity index (χ3v) is 7.87. The first-order valence-electron chi connectivity index (χ1n) is 9.88. The predicted molar refractivity (Wildman–Crippen MR) is 122 cm³/mol. The van der Waals surface area contributed by atoms with Gasteiger partial charge in [-0.25, -0.2) is 18.1 Å². The number of thiazole rings is 1. The van der Waals surface area contributed by atoms with E-state index in [0.29, 0.717) is 12.1 Å². The number of carbonyl (C=O) groups excluding carboxylic acids is 1. The number of likely N-dealkylation sites (tertiary alicyclic amines) is 1. The Morgan fingerprint density at radius 2 is 2.10 bits per heavy atom. The molecule has 1 saturated heterocycles. The van der Waals surface area contributed by atoms with Crippen molar-refractivity contribution in [2.45, 2.75) is 23.8 Å². The van der Waals surface area contributed by atoms with Gasteiger partial charge in [0.05, 0.1) is 23.4 Å². The Morgan fingerprint density at radius 1 is 1.29 bits per heavy atom. The number of hydrogen-bond acceptors (Lipinski definition) is 6. The summed E-state index contributed by atoms with van der Waals surface area (Å²) in [5.41, 5.74) is 1.55. The van der Waals surface area contributed by atoms with Gasteiger partial charge in [0, 0.05) is 12.6 Å². The molecule has 0 saturated carbocycles. The van der Waals surface area contributed by atoms with Crippen molar-refractivity contribution in [1.29, 1.82) is 0 Å². The zero-order valence-electron chi connectivity index (χ0n) is 17.2. The molecule has 162 valence electrons. The molecule has 1 unspecified atom stereocenters. The van der Waals surface area contributed by atoms with Crippen LogP contribution in [0.4, 0.5) is 0 Å². The lowest BCUT2D eigenvalue weighted by Crippen LogP contribution is -2.28. The lowest BCUT2D eigenvalue weighted by atomic mass is 10.2. The van der Waals surface area contributed by atoms with Gasteiger partial charge in [-0.2, -0.15) is 0 Å². The summed E-state index contributed by atoms with van der Waals surface area (Å²) in [6.45, 7) is 0.672. The van der Waals surface area contributed by atoms with E-state index in [9.17, 15) is 13.2 Å². The van der Waals surface area contributed by atoms with Crippen LogP contribution in [0.3, 0.4) is 0 Å². The first kappa shape index (κ1) is 21.5. The number of rotatable bonds is 6. The summed E-state index contributed by atoms with van der Waals surface area (Å²) < 4.78 is 33.1. The normalized spacial score (nSPS) is 17.0. The molecule has 4 rings (SSSR count). The number of para-hydroxylation sites is 1. The molecule has 1 aliphatic heterocycles. The zero-order valence-corrected chi connectivity index (χ0v) is 18.9. The minimum atomic E-state index is -3.69. The maximum Gasteiger partial charge on any atom is 0.247 e. The smallest absolute Gasteiger partial charge is 0.247 e. The van der Waals surface area contributed by atoms with Crippen molar-refractivity contribution in [3.63, 3.8) is 0 Å². The summed E-state index contributed by atoms with van der Waals surface area (Å²) in [5.74, 6) is 0.129. The fraction of sp³-hybridized carbons (Fsp3) is 0.273. The van der Waals surface area contributed by atoms with Gasteiger partial charge in [0.25, 0.3) is 0 Å². The average molecular weight is 458 g/mol. The number of nitrogens with one attached hydrogen (secondary N) is 1. The van der Waals surface area contributed by atoms with Crippen LogP contribution >= 0.6 is 11.3 Å². The SMILES string of the molecule is CNS(=O)(=O)c1cc(/C=C/C(=O)N2CCCC2c2nc3ccccc3s2)ccc1OC. The number of benzene rings is 2. The van der Waals surface area contributed by atoms with Crippen LogP contribution in [0.15, 0.2) is 53.4 Å². The van der Waals surface area contributed by atoms with Gasteiger partial charge in [0.1, 0.15) is 15.7 Å². The van der Waals surface area contributed by atoms with E-state index >= 15 is 0 Å². The van der Waals surface area contributed by atoms with Crippen molar-refractivity contribution in [2.24, 2.45) is 0 Å². The van der Waals surface area contributed by atoms with Gasteiger partial charge < -0.3 is 9.64 Å². The lowest BCUT2D eigenvalue weighted by Gasteiger charge is -2.21. The Hall–Kier alpha value is -2.75. The quantitative estimate of drug-likeness (QED) is 0.572. The fourth-order valence-corrected chi connectivity index (χ4v) is 5.74. The summed E-state index contributed by atoms with van der Waals surface area (Å²) in [4.78, 5) is 19.5. The van der Waals surface area contributed by atoms with Crippen LogP contribution in [0.1, 0.15) is 29.5 Å². The van der Waals surface area contributed by atoms with E-state index in [2.05, 4.69) is 4.72 Å². The van der Waals surface area contributed by atoms with Crippen molar-refractivity contribution in [3.05, 3.63) is 59.1 Å². The Kier molecular flexibility index (Phi) is 6.08. The first-order chi connectivity index (χ1) is 14.9. The topological polar surface area (TPSA) is 88.6 Å². The number of hydrogen-bond donors (Lipinski definition) is 1. The monoisotopic (exact) mass is 457 g/mol. The molecule has 1 N–H and O–H groups in total. The largest absolute Gasteiger partial charge is 0.495 e. The van der Waals surface area contributed by atoms with E-state index < -0.39 is 10.0 Å². The van der Waals surface area contributed by atoms with Crippen molar-refractivity contribution < 1.29 is 17.9 Å². The summed E-state index contributed by atoms with van der Waals surface area (Å²) in [5, 5.41) is 0.951. The summed E-state index contributed by atoms with van der Waals surface area (Å²) in [6, 6.07) is 12.7. The summed E-state index contributed by atoms with van der Waals surface area (Å²) >= 11 is 1.62. The third kappa shape index (κ3) is 4.34. The predicted octanol–water partition coefficient (Wildman–Crippen LogP) is 3.59. The molecule has 1 atom stereocenters. The Bertz CT molecular complexity index is 1220. The molecule has 1 aliphatic rings. The van der Waals surface area contributed by atoms with Crippen molar-refractivity contribution in [1.82, 2.24) is 14.6 Å². The standard InChI is InChI=1S/C22H23N3O4S2/c1-23-31(27,28)20-14-15(9-11-18(20)29-2)10-12-21(26)25-13-5-7-17(25)22-24-16-6-3-4-8-19(16)30-22/h3-4,6,8-12,14,17,23H,5,7,13H2,1-2H3/b12-10+. The molecule has 0 aliphatic carbocycles. The molecule has 0 spiro atoms. The van der Waals surface area contributed by atoms with Crippen LogP contribution in [0.2, 0.25) is 0 Å². The van der Waals surface area contributed by atoms with Crippen molar-refractivity contribution in [3.8, 4) is 5.75 Å². The number of nitrogens with zero attached hydrogens (tertiary/aromatic N) is 2. The molecule has 31 heavy (non-hydrogen) atoms. The Morgan fingerprint density at radius 3 is 2.84 bits per heavy atom. The first-order valence-corrected chi connectivity index (χ1v) is 12.2. The minimum Gasteiger partial charge on any atom is -0.495 e. The van der Waals surface area contributed by atoms with Gasteiger partial charge in [0.15, 0.2) is 0 Å². The number of amides is 1. The highest BCUT2D eigenvalue weighted by Crippen LogP contribution is 2.36. The molecular formula is C22H23N3O4S2. The van der Waals surface area contributed by atoms with Crippen LogP contribution in [0.25, 0.3) is 16.3 Å². The maximum atomic E-state index is 12.9. The van der Waals surface area contributed by atoms with E-state index in [1.807, 2.05) is 29.2 Å². The van der Waals surface area contributed by atoms with Gasteiger partial charge in [-0.15, -0.1) is 11.3 Å². The molecule has 2 aromatic carbocycles. The second-order valence-electron chi connectivity index (χ2n) is 7.16. The van der Waals surface area contributed by atoms with E-state index in [-0.39, 0.29) is 22.6 Å². The third-order valence-electron chi connectivity index (χ3n) is 5.30. The minimum absolute atomic E-state index is 0.0284. The Balaban J connectivity index is 1.56. The molecule has 2 heterocycles. The van der Waals surface area contributed by atoms with Crippen molar-refractivity contribution >= 4 is 43.6 Å². The number of carbonyl (C=O) groups is 1. The van der Waals surface area contributed by atoms with E-state index in [0.717, 1.165) is 28.1 Å². The van der Waals surface area contributed by atoms with E-state index in [1.54, 1.807) is 29.5 Å². The van der Waals surface area contributed by atoms with E-state index in [4.69, 9.17) is 9.72 Å². The average Bonchev–Trinajstić information content (AvgIpc) is 3.44. The zero-order chi connectivity index (χ0) is 22.0. The highest BCUT2D eigenvalue weighted by Gasteiger charge is 2.31. The van der Waals surface area contributed by atoms with Gasteiger partial charge in [-0.3, -0.25) is 4.79 Å². The molecule has 0 bridgehead atoms. The van der Waals surface area contributed by atoms with Gasteiger partial charge in [-0.1, -0.05) is 18.2 Å². The molecule has 1 fully saturated rings. The summed E-state index contributed by atoms with van der Waals surface area (Å²) in [6.07, 6.45) is 4.92. The van der Waals surface area contributed by atoms with Gasteiger partial charge in [0.2, 0.25) is 15.9 Å². The van der Waals surface area contributed by atoms with Gasteiger partial charge >= 0.3 is 0 Å². The molecule has 3 aromatic rings. The van der Waals surface area contributed by atoms with Crippen LogP contribution in [0, 0.1) is 0 Å². The number of ether oxygens (including phenoxy) is 1. The number of fused-ring (bicyclic) bond motifs is 1. The van der Waals surface area contributed by atoms with Crippen LogP contribution < -0.4 is 9.46 Å². The molecule has 1 aromatic heterocycles. The number of methoxy groups -OCH3 is 1.